The maximum atomic E-state index is 11.7. The lowest BCUT2D eigenvalue weighted by Crippen LogP contribution is -2.37. The van der Waals surface area contributed by atoms with Crippen LogP contribution < -0.4 is 9.79 Å². The highest BCUT2D eigenvalue weighted by atomic mass is 31.2. The van der Waals surface area contributed by atoms with Crippen LogP contribution in [0.4, 0.5) is 0 Å². The van der Waals surface area contributed by atoms with Gasteiger partial charge >= 0.3 is 0 Å². The van der Waals surface area contributed by atoms with Crippen molar-refractivity contribution in [2.45, 2.75) is 44.7 Å². The molecule has 0 amide bonds. The van der Waals surface area contributed by atoms with Crippen LogP contribution in [-0.4, -0.2) is 61.1 Å². The molecule has 24 heavy (non-hydrogen) atoms. The van der Waals surface area contributed by atoms with Gasteiger partial charge < -0.3 is 42.8 Å². The summed E-state index contributed by atoms with van der Waals surface area (Å²) in [6.07, 6.45) is -4.39. The number of hydrogen-bond acceptors (Lipinski definition) is 11. The first-order chi connectivity index (χ1) is 11.1. The number of hydrogen-bond donors (Lipinski definition) is 2. The average molecular weight is 392 g/mol. The Morgan fingerprint density at radius 3 is 2.50 bits per heavy atom. The summed E-state index contributed by atoms with van der Waals surface area (Å²) < 4.78 is 46.6. The summed E-state index contributed by atoms with van der Waals surface area (Å²) in [5.74, 6) is 0. The number of phosphoric acid groups is 2. The van der Waals surface area contributed by atoms with Crippen LogP contribution in [0.2, 0.25) is 0 Å². The van der Waals surface area contributed by atoms with Crippen LogP contribution >= 0.6 is 15.6 Å². The first-order valence-electron chi connectivity index (χ1n) is 7.25. The van der Waals surface area contributed by atoms with Gasteiger partial charge in [-0.05, 0) is 20.3 Å². The molecule has 2 N–H and O–H groups in total. The Kier molecular flexibility index (Phi) is 8.95. The smallest absolute Gasteiger partial charge is 0.268 e. The van der Waals surface area contributed by atoms with Crippen molar-refractivity contribution in [3.8, 4) is 0 Å². The number of phosphoric ester groups is 2. The number of aliphatic hydroxyl groups excluding tert-OH is 2. The molecule has 1 rings (SSSR count). The van der Waals surface area contributed by atoms with Crippen LogP contribution in [-0.2, 0) is 32.0 Å². The minimum atomic E-state index is -4.77. The molecular weight excluding hydrogens is 370 g/mol. The van der Waals surface area contributed by atoms with Gasteiger partial charge in [-0.25, -0.2) is 0 Å². The van der Waals surface area contributed by atoms with Crippen molar-refractivity contribution >= 4 is 15.6 Å². The van der Waals surface area contributed by atoms with Gasteiger partial charge in [-0.3, -0.25) is 9.13 Å². The van der Waals surface area contributed by atoms with Gasteiger partial charge in [-0.1, -0.05) is 0 Å². The quantitative estimate of drug-likeness (QED) is 0.324. The van der Waals surface area contributed by atoms with Crippen LogP contribution in [0.5, 0.6) is 0 Å². The van der Waals surface area contributed by atoms with E-state index in [1.54, 1.807) is 0 Å². The van der Waals surface area contributed by atoms with Crippen molar-refractivity contribution in [2.24, 2.45) is 0 Å². The maximum absolute atomic E-state index is 11.7. The van der Waals surface area contributed by atoms with Gasteiger partial charge in [0.25, 0.3) is 15.6 Å². The lowest BCUT2D eigenvalue weighted by Gasteiger charge is -2.31. The highest BCUT2D eigenvalue weighted by Gasteiger charge is 2.40. The molecule has 0 bridgehead atoms. The van der Waals surface area contributed by atoms with Crippen molar-refractivity contribution in [3.05, 3.63) is 0 Å². The molecule has 13 heteroatoms. The average Bonchev–Trinajstić information content (AvgIpc) is 2.76. The summed E-state index contributed by atoms with van der Waals surface area (Å²) in [6.45, 7) is 1.58. The Bertz CT molecular complexity index is 471. The van der Waals surface area contributed by atoms with Gasteiger partial charge in [0.05, 0.1) is 25.9 Å². The third kappa shape index (κ3) is 7.99. The molecule has 1 heterocycles. The van der Waals surface area contributed by atoms with Crippen molar-refractivity contribution in [2.75, 3.05) is 26.4 Å². The predicted octanol–water partition coefficient (Wildman–Crippen LogP) is -1.09. The second-order valence-electron chi connectivity index (χ2n) is 5.26. The molecule has 0 saturated carbocycles. The molecule has 0 aromatic heterocycles. The Hall–Kier alpha value is 0.1000. The largest absolute Gasteiger partial charge is 0.756 e. The van der Waals surface area contributed by atoms with Crippen molar-refractivity contribution in [1.82, 2.24) is 0 Å². The van der Waals surface area contributed by atoms with Crippen molar-refractivity contribution in [1.29, 1.82) is 0 Å². The lowest BCUT2D eigenvalue weighted by atomic mass is 10.2. The van der Waals surface area contributed by atoms with Crippen LogP contribution in [0.25, 0.3) is 0 Å². The molecular formula is C11H22O11P2-2. The summed E-state index contributed by atoms with van der Waals surface area (Å²) in [5, 5.41) is 18.3. The molecule has 0 aromatic rings. The summed E-state index contributed by atoms with van der Waals surface area (Å²) in [7, 11) is -9.36. The summed E-state index contributed by atoms with van der Waals surface area (Å²) in [5.41, 5.74) is 0. The van der Waals surface area contributed by atoms with E-state index < -0.39 is 46.7 Å². The summed E-state index contributed by atoms with van der Waals surface area (Å²) in [4.78, 5) is 23.2. The highest BCUT2D eigenvalue weighted by molar-refractivity contribution is 7.46. The Balaban J connectivity index is 2.58. The first-order valence-corrected chi connectivity index (χ1v) is 10.2. The molecule has 11 nitrogen and oxygen atoms in total. The molecule has 0 aliphatic carbocycles. The van der Waals surface area contributed by atoms with Gasteiger partial charge in [0, 0.05) is 6.61 Å². The Morgan fingerprint density at radius 2 is 1.92 bits per heavy atom. The van der Waals surface area contributed by atoms with E-state index in [4.69, 9.17) is 14.4 Å². The third-order valence-corrected chi connectivity index (χ3v) is 4.91. The van der Waals surface area contributed by atoms with E-state index in [0.717, 1.165) is 0 Å². The molecule has 5 atom stereocenters. The van der Waals surface area contributed by atoms with Gasteiger partial charge in [-0.2, -0.15) is 0 Å². The van der Waals surface area contributed by atoms with E-state index in [0.29, 0.717) is 0 Å². The highest BCUT2D eigenvalue weighted by Crippen LogP contribution is 2.44. The van der Waals surface area contributed by atoms with Gasteiger partial charge in [0.2, 0.25) is 0 Å². The molecule has 2 unspecified atom stereocenters. The second kappa shape index (κ2) is 9.70. The lowest BCUT2D eigenvalue weighted by molar-refractivity contribution is -0.236. The summed E-state index contributed by atoms with van der Waals surface area (Å²) in [6, 6.07) is 0. The van der Waals surface area contributed by atoms with Crippen LogP contribution in [0, 0.1) is 0 Å². The SMILES string of the molecule is CC(C)OP(=O)([O-])OC[C@H]1OC[C@H](O)[C@@H]1OP(=O)([O-])OCCCO. The van der Waals surface area contributed by atoms with Gasteiger partial charge in [-0.15, -0.1) is 0 Å². The topological polar surface area (TPSA) is 167 Å². The van der Waals surface area contributed by atoms with Gasteiger partial charge in [0.15, 0.2) is 0 Å². The number of aliphatic hydroxyl groups is 2. The van der Waals surface area contributed by atoms with Crippen LogP contribution in [0.15, 0.2) is 0 Å². The second-order valence-corrected chi connectivity index (χ2v) is 7.99. The fourth-order valence-electron chi connectivity index (χ4n) is 1.81. The minimum absolute atomic E-state index is 0.0811. The molecule has 1 aliphatic rings. The van der Waals surface area contributed by atoms with E-state index in [2.05, 4.69) is 13.6 Å². The maximum Gasteiger partial charge on any atom is 0.268 e. The zero-order valence-corrected chi connectivity index (χ0v) is 15.1. The van der Waals surface area contributed by atoms with E-state index in [1.807, 2.05) is 0 Å². The van der Waals surface area contributed by atoms with Crippen LogP contribution in [0.3, 0.4) is 0 Å². The van der Waals surface area contributed by atoms with Gasteiger partial charge in [0.1, 0.15) is 18.3 Å². The Morgan fingerprint density at radius 1 is 1.25 bits per heavy atom. The minimum Gasteiger partial charge on any atom is -0.756 e. The third-order valence-electron chi connectivity index (χ3n) is 2.77. The van der Waals surface area contributed by atoms with E-state index in [9.17, 15) is 24.0 Å². The molecule has 1 fully saturated rings. The fraction of sp³-hybridized carbons (Fsp3) is 1.00. The standard InChI is InChI=1S/C11H24O11P2/c1-8(2)21-24(16,17)20-7-10-11(9(13)6-18-10)22-23(14,15)19-5-3-4-12/h8-13H,3-7H2,1-2H3,(H,14,15)(H,16,17)/p-2/t9-,10+,11-/m0/s1. The number of ether oxygens (including phenoxy) is 1. The van der Waals surface area contributed by atoms with Crippen molar-refractivity contribution in [3.63, 3.8) is 0 Å². The normalized spacial score (nSPS) is 29.5. The van der Waals surface area contributed by atoms with E-state index >= 15 is 0 Å². The zero-order chi connectivity index (χ0) is 18.4. The Labute approximate surface area is 139 Å². The van der Waals surface area contributed by atoms with E-state index in [-0.39, 0.29) is 26.2 Å². The van der Waals surface area contributed by atoms with E-state index in [1.165, 1.54) is 13.8 Å². The zero-order valence-electron chi connectivity index (χ0n) is 13.3. The molecule has 144 valence electrons. The predicted molar refractivity (Wildman–Crippen MR) is 75.7 cm³/mol. The molecule has 0 aromatic carbocycles. The number of rotatable bonds is 11. The molecule has 0 spiro atoms. The molecule has 0 radical (unpaired) electrons. The monoisotopic (exact) mass is 392 g/mol. The molecule has 1 aliphatic heterocycles. The van der Waals surface area contributed by atoms with Crippen molar-refractivity contribution < 1.29 is 52.0 Å². The summed E-state index contributed by atoms with van der Waals surface area (Å²) >= 11 is 0. The van der Waals surface area contributed by atoms with Crippen LogP contribution in [0.1, 0.15) is 20.3 Å². The molecule has 1 saturated heterocycles. The first kappa shape index (κ1) is 22.1. The fourth-order valence-corrected chi connectivity index (χ4v) is 3.71.